The normalized spacial score (nSPS) is 16.7. The lowest BCUT2D eigenvalue weighted by molar-refractivity contribution is 0.0373. The van der Waals surface area contributed by atoms with Gasteiger partial charge in [0.2, 0.25) is 0 Å². The maximum absolute atomic E-state index is 10.7. The summed E-state index contributed by atoms with van der Waals surface area (Å²) >= 11 is 0. The highest BCUT2D eigenvalue weighted by Crippen LogP contribution is 2.28. The minimum absolute atomic E-state index is 0.00358. The van der Waals surface area contributed by atoms with Gasteiger partial charge in [0, 0.05) is 18.1 Å². The maximum atomic E-state index is 10.7. The van der Waals surface area contributed by atoms with Crippen LogP contribution >= 0.6 is 0 Å². The van der Waals surface area contributed by atoms with E-state index in [1.165, 1.54) is 24.8 Å². The monoisotopic (exact) mass is 713 g/mol. The molecule has 0 spiro atoms. The van der Waals surface area contributed by atoms with Crippen LogP contribution in [0.5, 0.6) is 11.5 Å². The van der Waals surface area contributed by atoms with E-state index in [9.17, 15) is 10.2 Å². The molecule has 0 bridgehead atoms. The number of allylic oxidation sites excluding steroid dienone is 6. The van der Waals surface area contributed by atoms with E-state index in [2.05, 4.69) is 78.7 Å². The molecule has 3 N–H and O–H groups in total. The van der Waals surface area contributed by atoms with E-state index in [1.807, 2.05) is 88.4 Å². The first-order valence-electron chi connectivity index (χ1n) is 19.4. The summed E-state index contributed by atoms with van der Waals surface area (Å²) in [6.07, 6.45) is 18.3. The Balaban J connectivity index is 0.000000344. The first-order chi connectivity index (χ1) is 25.2. The Hall–Kier alpha value is -3.68. The molecule has 4 rings (SSSR count). The van der Waals surface area contributed by atoms with Crippen molar-refractivity contribution >= 4 is 0 Å². The number of likely N-dealkylation sites (tertiary alicyclic amines) is 1. The van der Waals surface area contributed by atoms with Gasteiger partial charge in [-0.1, -0.05) is 105 Å². The first-order valence-corrected chi connectivity index (χ1v) is 19.4. The van der Waals surface area contributed by atoms with Crippen LogP contribution in [-0.4, -0.2) is 60.5 Å². The standard InChI is InChI=1S/C22H29NO2.C22H33NO2.C2H6/c1-17(22(24)20-8-10-21(25-2)11-9-20)23-14-12-19(13-15-23)16-18-6-4-3-5-7-18;1-5-6-7-8-9-10-11-12-13-18(2)23-19(3)22(24)20-14-16-21(25-4)17-15-20;1-2/h3-11,17,19,22,24H,12-16H2,1-2H3;5-8,10-11,14-19,22-24H,9,12-13H2,1-4H3;1-2H3/b;6-5-,8-7?,11-10?;. The SMILES string of the molecule is C/C=C\C=CCC=CCCC(C)NC(C)C(O)c1ccc(OC)cc1.CC.COc1ccc(C(O)C(C)N2CCC(Cc3ccccc3)CC2)cc1. The van der Waals surface area contributed by atoms with E-state index in [-0.39, 0.29) is 12.1 Å². The molecule has 0 saturated carbocycles. The molecule has 0 amide bonds. The molecule has 1 heterocycles. The third-order valence-electron chi connectivity index (χ3n) is 9.63. The topological polar surface area (TPSA) is 74.2 Å². The molecule has 3 aromatic carbocycles. The van der Waals surface area contributed by atoms with Gasteiger partial charge in [-0.05, 0) is 126 Å². The molecule has 1 saturated heterocycles. The largest absolute Gasteiger partial charge is 0.497 e. The number of aliphatic hydroxyl groups is 2. The highest BCUT2D eigenvalue weighted by Gasteiger charge is 2.27. The van der Waals surface area contributed by atoms with Crippen LogP contribution in [0.4, 0.5) is 0 Å². The van der Waals surface area contributed by atoms with Gasteiger partial charge in [-0.3, -0.25) is 4.90 Å². The molecule has 0 aliphatic carbocycles. The lowest BCUT2D eigenvalue weighted by atomic mass is 9.89. The summed E-state index contributed by atoms with van der Waals surface area (Å²) in [5.41, 5.74) is 3.30. The van der Waals surface area contributed by atoms with Crippen LogP contribution in [-0.2, 0) is 6.42 Å². The van der Waals surface area contributed by atoms with Gasteiger partial charge in [0.25, 0.3) is 0 Å². The van der Waals surface area contributed by atoms with Crippen molar-refractivity contribution in [3.05, 3.63) is 132 Å². The Morgan fingerprint density at radius 1 is 0.750 bits per heavy atom. The van der Waals surface area contributed by atoms with Crippen LogP contribution in [0.15, 0.2) is 115 Å². The van der Waals surface area contributed by atoms with Gasteiger partial charge in [0.15, 0.2) is 0 Å². The number of benzene rings is 3. The zero-order valence-electron chi connectivity index (χ0n) is 33.2. The quantitative estimate of drug-likeness (QED) is 0.0956. The fraction of sp³-hybridized carbons (Fsp3) is 0.478. The fourth-order valence-corrected chi connectivity index (χ4v) is 6.41. The number of ether oxygens (including phenoxy) is 2. The summed E-state index contributed by atoms with van der Waals surface area (Å²) < 4.78 is 10.3. The minimum Gasteiger partial charge on any atom is -0.497 e. The predicted molar refractivity (Wildman–Crippen MR) is 220 cm³/mol. The molecule has 1 aliphatic heterocycles. The molecule has 0 radical (unpaired) electrons. The Morgan fingerprint density at radius 3 is 1.85 bits per heavy atom. The molecule has 5 atom stereocenters. The van der Waals surface area contributed by atoms with Gasteiger partial charge >= 0.3 is 0 Å². The predicted octanol–water partition coefficient (Wildman–Crippen LogP) is 10.1. The molecule has 52 heavy (non-hydrogen) atoms. The van der Waals surface area contributed by atoms with Crippen molar-refractivity contribution < 1.29 is 19.7 Å². The van der Waals surface area contributed by atoms with Crippen LogP contribution in [0, 0.1) is 5.92 Å². The second-order valence-electron chi connectivity index (χ2n) is 13.4. The molecule has 3 aromatic rings. The summed E-state index contributed by atoms with van der Waals surface area (Å²) in [5, 5.41) is 24.7. The van der Waals surface area contributed by atoms with Gasteiger partial charge in [-0.2, -0.15) is 0 Å². The maximum Gasteiger partial charge on any atom is 0.118 e. The fourth-order valence-electron chi connectivity index (χ4n) is 6.41. The van der Waals surface area contributed by atoms with Crippen LogP contribution < -0.4 is 14.8 Å². The highest BCUT2D eigenvalue weighted by atomic mass is 16.5. The number of piperidine rings is 1. The lowest BCUT2D eigenvalue weighted by Crippen LogP contribution is -2.43. The number of hydrogen-bond donors (Lipinski definition) is 3. The molecule has 6 nitrogen and oxygen atoms in total. The summed E-state index contributed by atoms with van der Waals surface area (Å²) in [6, 6.07) is 26.6. The van der Waals surface area contributed by atoms with E-state index in [1.54, 1.807) is 14.2 Å². The number of hydrogen-bond acceptors (Lipinski definition) is 6. The van der Waals surface area contributed by atoms with Crippen molar-refractivity contribution in [2.75, 3.05) is 27.3 Å². The molecular formula is C46H68N2O4. The molecule has 1 aliphatic rings. The van der Waals surface area contributed by atoms with E-state index >= 15 is 0 Å². The zero-order chi connectivity index (χ0) is 38.1. The van der Waals surface area contributed by atoms with Crippen molar-refractivity contribution in [1.29, 1.82) is 0 Å². The Kier molecular flexibility index (Phi) is 22.4. The van der Waals surface area contributed by atoms with Crippen LogP contribution in [0.25, 0.3) is 0 Å². The first kappa shape index (κ1) is 44.5. The van der Waals surface area contributed by atoms with E-state index in [0.717, 1.165) is 60.9 Å². The molecule has 6 heteroatoms. The van der Waals surface area contributed by atoms with E-state index in [0.29, 0.717) is 6.04 Å². The minimum atomic E-state index is -0.527. The van der Waals surface area contributed by atoms with Crippen molar-refractivity contribution in [2.24, 2.45) is 5.92 Å². The Bertz CT molecular complexity index is 1400. The number of nitrogens with one attached hydrogen (secondary N) is 1. The number of nitrogens with zero attached hydrogens (tertiary/aromatic N) is 1. The summed E-state index contributed by atoms with van der Waals surface area (Å²) in [6.45, 7) is 14.5. The number of aliphatic hydroxyl groups excluding tert-OH is 2. The van der Waals surface area contributed by atoms with Crippen molar-refractivity contribution in [2.45, 2.75) is 110 Å². The smallest absolute Gasteiger partial charge is 0.118 e. The van der Waals surface area contributed by atoms with E-state index < -0.39 is 12.2 Å². The summed E-state index contributed by atoms with van der Waals surface area (Å²) in [7, 11) is 3.30. The average molecular weight is 713 g/mol. The molecule has 286 valence electrons. The highest BCUT2D eigenvalue weighted by molar-refractivity contribution is 5.30. The average Bonchev–Trinajstić information content (AvgIpc) is 3.19. The van der Waals surface area contributed by atoms with Gasteiger partial charge in [0.05, 0.1) is 26.4 Å². The third kappa shape index (κ3) is 16.3. The third-order valence-corrected chi connectivity index (χ3v) is 9.63. The number of rotatable bonds is 17. The van der Waals surface area contributed by atoms with Crippen LogP contribution in [0.1, 0.15) is 103 Å². The van der Waals surface area contributed by atoms with Gasteiger partial charge in [-0.25, -0.2) is 0 Å². The molecule has 5 unspecified atom stereocenters. The van der Waals surface area contributed by atoms with Gasteiger partial charge in [0.1, 0.15) is 11.5 Å². The molecule has 0 aromatic heterocycles. The van der Waals surface area contributed by atoms with Crippen LogP contribution in [0.2, 0.25) is 0 Å². The summed E-state index contributed by atoms with van der Waals surface area (Å²) in [4.78, 5) is 2.43. The Morgan fingerprint density at radius 2 is 1.31 bits per heavy atom. The summed E-state index contributed by atoms with van der Waals surface area (Å²) in [5.74, 6) is 2.38. The van der Waals surface area contributed by atoms with Gasteiger partial charge < -0.3 is 25.0 Å². The zero-order valence-corrected chi connectivity index (χ0v) is 33.2. The van der Waals surface area contributed by atoms with Crippen molar-refractivity contribution in [3.8, 4) is 11.5 Å². The second kappa shape index (κ2) is 26.1. The van der Waals surface area contributed by atoms with Crippen molar-refractivity contribution in [1.82, 2.24) is 10.2 Å². The van der Waals surface area contributed by atoms with Crippen molar-refractivity contribution in [3.63, 3.8) is 0 Å². The molecule has 1 fully saturated rings. The van der Waals surface area contributed by atoms with E-state index in [4.69, 9.17) is 9.47 Å². The number of methoxy groups -OCH3 is 2. The lowest BCUT2D eigenvalue weighted by Gasteiger charge is -2.38. The van der Waals surface area contributed by atoms with Crippen LogP contribution in [0.3, 0.4) is 0 Å². The second-order valence-corrected chi connectivity index (χ2v) is 13.4. The molecular weight excluding hydrogens is 645 g/mol. The Labute approximate surface area is 316 Å². The van der Waals surface area contributed by atoms with Gasteiger partial charge in [-0.15, -0.1) is 0 Å².